The van der Waals surface area contributed by atoms with Crippen LogP contribution in [0.25, 0.3) is 0 Å². The summed E-state index contributed by atoms with van der Waals surface area (Å²) >= 11 is 5.68. The van der Waals surface area contributed by atoms with Crippen molar-refractivity contribution in [1.29, 1.82) is 0 Å². The van der Waals surface area contributed by atoms with Crippen LogP contribution in [0.15, 0.2) is 56.8 Å². The molecule has 0 amide bonds. The topological polar surface area (TPSA) is 63.6 Å². The molecule has 0 aromatic heterocycles. The number of benzene rings is 1. The van der Waals surface area contributed by atoms with E-state index < -0.39 is 10.0 Å². The molecule has 4 nitrogen and oxygen atoms in total. The molecule has 2 rings (SSSR count). The Morgan fingerprint density at radius 3 is 2.24 bits per heavy atom. The van der Waals surface area contributed by atoms with Crippen molar-refractivity contribution in [3.63, 3.8) is 0 Å². The molecular weight excluding hydrogens is 310 g/mol. The number of nitrogens with zero attached hydrogens (tertiary/aromatic N) is 1. The number of halogens is 1. The highest BCUT2D eigenvalue weighted by molar-refractivity contribution is 7.90. The maximum absolute atomic E-state index is 12.2. The number of hydrogen-bond acceptors (Lipinski definition) is 3. The Balaban J connectivity index is 2.35. The van der Waals surface area contributed by atoms with Gasteiger partial charge in [-0.1, -0.05) is 37.6 Å². The average molecular weight is 324 g/mol. The van der Waals surface area contributed by atoms with E-state index in [1.807, 2.05) is 13.8 Å². The van der Waals surface area contributed by atoms with Crippen LogP contribution < -0.4 is 0 Å². The maximum atomic E-state index is 12.2. The van der Waals surface area contributed by atoms with Gasteiger partial charge in [0.15, 0.2) is 5.78 Å². The van der Waals surface area contributed by atoms with Gasteiger partial charge in [0.1, 0.15) is 0 Å². The molecule has 1 aliphatic carbocycles. The van der Waals surface area contributed by atoms with Crippen molar-refractivity contribution in [2.75, 3.05) is 0 Å². The minimum absolute atomic E-state index is 0.0541. The third-order valence-corrected chi connectivity index (χ3v) is 4.60. The third-order valence-electron chi connectivity index (χ3n) is 2.99. The molecule has 0 bridgehead atoms. The molecule has 6 heteroatoms. The highest BCUT2D eigenvalue weighted by atomic mass is 35.5. The predicted octanol–water partition coefficient (Wildman–Crippen LogP) is 3.20. The highest BCUT2D eigenvalue weighted by Gasteiger charge is 2.16. The molecule has 21 heavy (non-hydrogen) atoms. The lowest BCUT2D eigenvalue weighted by Gasteiger charge is -2.06. The van der Waals surface area contributed by atoms with Gasteiger partial charge in [-0.15, -0.1) is 0 Å². The van der Waals surface area contributed by atoms with Gasteiger partial charge >= 0.3 is 0 Å². The minimum Gasteiger partial charge on any atom is -0.288 e. The quantitative estimate of drug-likeness (QED) is 0.802. The molecular formula is C15H14ClNO3S. The molecule has 1 aliphatic rings. The summed E-state index contributed by atoms with van der Waals surface area (Å²) in [5.74, 6) is -0.0450. The van der Waals surface area contributed by atoms with Gasteiger partial charge in [-0.25, -0.2) is 0 Å². The first-order chi connectivity index (χ1) is 9.79. The summed E-state index contributed by atoms with van der Waals surface area (Å²) in [4.78, 5) is 11.3. The normalized spacial score (nSPS) is 17.4. The molecule has 0 atom stereocenters. The van der Waals surface area contributed by atoms with Crippen LogP contribution in [0, 0.1) is 0 Å². The fraction of sp³-hybridized carbons (Fsp3) is 0.200. The fourth-order valence-electron chi connectivity index (χ4n) is 1.76. The van der Waals surface area contributed by atoms with E-state index in [-0.39, 0.29) is 21.4 Å². The largest absolute Gasteiger partial charge is 0.288 e. The van der Waals surface area contributed by atoms with Crippen molar-refractivity contribution < 1.29 is 13.2 Å². The zero-order valence-corrected chi connectivity index (χ0v) is 13.1. The minimum atomic E-state index is -3.82. The third kappa shape index (κ3) is 3.68. The molecule has 0 saturated heterocycles. The van der Waals surface area contributed by atoms with Crippen LogP contribution in [0.1, 0.15) is 25.3 Å². The van der Waals surface area contributed by atoms with Crippen molar-refractivity contribution in [3.8, 4) is 0 Å². The van der Waals surface area contributed by atoms with Crippen LogP contribution in [0.3, 0.4) is 0 Å². The van der Waals surface area contributed by atoms with Gasteiger partial charge in [-0.05, 0) is 41.8 Å². The summed E-state index contributed by atoms with van der Waals surface area (Å²) in [5.41, 5.74) is 1.18. The number of carbonyl (C=O) groups is 1. The van der Waals surface area contributed by atoms with Gasteiger partial charge in [0, 0.05) is 0 Å². The Morgan fingerprint density at radius 2 is 1.71 bits per heavy atom. The molecule has 0 unspecified atom stereocenters. The van der Waals surface area contributed by atoms with Crippen LogP contribution in [-0.2, 0) is 14.8 Å². The lowest BCUT2D eigenvalue weighted by molar-refractivity contribution is -0.110. The molecule has 1 aromatic carbocycles. The monoisotopic (exact) mass is 323 g/mol. The van der Waals surface area contributed by atoms with E-state index in [4.69, 9.17) is 11.6 Å². The first kappa shape index (κ1) is 15.7. The van der Waals surface area contributed by atoms with Gasteiger partial charge in [0.2, 0.25) is 0 Å². The molecule has 0 radical (unpaired) electrons. The van der Waals surface area contributed by atoms with Crippen LogP contribution in [0.2, 0.25) is 0 Å². The molecule has 0 N–H and O–H groups in total. The second-order valence-corrected chi connectivity index (χ2v) is 6.92. The standard InChI is InChI=1S/C15H14ClNO3S/c1-10(2)11-3-6-13(7-4-11)21(19,20)17-12-5-8-15(18)14(16)9-12/h3-10H,1-2H3/b17-12-. The summed E-state index contributed by atoms with van der Waals surface area (Å²) in [7, 11) is -3.82. The number of allylic oxidation sites excluding steroid dienone is 4. The van der Waals surface area contributed by atoms with Gasteiger partial charge in [-0.3, -0.25) is 4.79 Å². The Morgan fingerprint density at radius 1 is 1.10 bits per heavy atom. The number of hydrogen-bond donors (Lipinski definition) is 0. The van der Waals surface area contributed by atoms with Crippen molar-refractivity contribution in [2.24, 2.45) is 4.40 Å². The molecule has 0 saturated carbocycles. The fourth-order valence-corrected chi connectivity index (χ4v) is 2.91. The van der Waals surface area contributed by atoms with E-state index in [0.717, 1.165) is 5.56 Å². The van der Waals surface area contributed by atoms with E-state index in [1.54, 1.807) is 12.1 Å². The van der Waals surface area contributed by atoms with Crippen LogP contribution in [0.4, 0.5) is 0 Å². The molecule has 0 spiro atoms. The Hall–Kier alpha value is -1.72. The zero-order chi connectivity index (χ0) is 15.6. The van der Waals surface area contributed by atoms with Crippen molar-refractivity contribution in [1.82, 2.24) is 0 Å². The first-order valence-corrected chi connectivity index (χ1v) is 8.16. The SMILES string of the molecule is CC(C)c1ccc(S(=O)(=O)/N=C2/C=CC(=O)C(Cl)=C2)cc1. The first-order valence-electron chi connectivity index (χ1n) is 6.34. The van der Waals surface area contributed by atoms with Crippen molar-refractivity contribution in [3.05, 3.63) is 53.1 Å². The number of sulfonamides is 1. The number of rotatable bonds is 3. The van der Waals surface area contributed by atoms with E-state index in [2.05, 4.69) is 4.40 Å². The highest BCUT2D eigenvalue weighted by Crippen LogP contribution is 2.20. The van der Waals surface area contributed by atoms with Gasteiger partial charge < -0.3 is 0 Å². The van der Waals surface area contributed by atoms with E-state index in [0.29, 0.717) is 5.92 Å². The summed E-state index contributed by atoms with van der Waals surface area (Å²) in [5, 5.41) is -0.0541. The summed E-state index contributed by atoms with van der Waals surface area (Å²) in [6.45, 7) is 4.06. The molecule has 0 aliphatic heterocycles. The number of ketones is 1. The summed E-state index contributed by atoms with van der Waals surface area (Å²) in [6.07, 6.45) is 3.76. The maximum Gasteiger partial charge on any atom is 0.282 e. The lowest BCUT2D eigenvalue weighted by atomic mass is 10.0. The van der Waals surface area contributed by atoms with E-state index >= 15 is 0 Å². The summed E-state index contributed by atoms with van der Waals surface area (Å²) < 4.78 is 28.1. The van der Waals surface area contributed by atoms with Gasteiger partial charge in [0.05, 0.1) is 15.6 Å². The van der Waals surface area contributed by atoms with Crippen molar-refractivity contribution >= 4 is 33.1 Å². The Labute approximate surface area is 128 Å². The molecule has 110 valence electrons. The van der Waals surface area contributed by atoms with E-state index in [9.17, 15) is 13.2 Å². The second kappa shape index (κ2) is 5.95. The summed E-state index contributed by atoms with van der Waals surface area (Å²) in [6, 6.07) is 6.58. The Kier molecular flexibility index (Phi) is 4.44. The average Bonchev–Trinajstić information content (AvgIpc) is 2.43. The van der Waals surface area contributed by atoms with Gasteiger partial charge in [0.25, 0.3) is 10.0 Å². The van der Waals surface area contributed by atoms with Crippen LogP contribution in [0.5, 0.6) is 0 Å². The molecule has 1 aromatic rings. The lowest BCUT2D eigenvalue weighted by Crippen LogP contribution is -2.07. The van der Waals surface area contributed by atoms with Crippen LogP contribution in [-0.4, -0.2) is 19.9 Å². The zero-order valence-electron chi connectivity index (χ0n) is 11.6. The van der Waals surface area contributed by atoms with Crippen molar-refractivity contribution in [2.45, 2.75) is 24.7 Å². The Bertz CT molecular complexity index is 757. The van der Waals surface area contributed by atoms with Gasteiger partial charge in [-0.2, -0.15) is 12.8 Å². The predicted molar refractivity (Wildman–Crippen MR) is 83.2 cm³/mol. The van der Waals surface area contributed by atoms with E-state index in [1.165, 1.54) is 30.4 Å². The van der Waals surface area contributed by atoms with Crippen LogP contribution >= 0.6 is 11.6 Å². The second-order valence-electron chi connectivity index (χ2n) is 4.90. The molecule has 0 fully saturated rings. The molecule has 0 heterocycles. The number of carbonyl (C=O) groups excluding carboxylic acids is 1. The smallest absolute Gasteiger partial charge is 0.282 e.